The van der Waals surface area contributed by atoms with Crippen molar-refractivity contribution in [2.75, 3.05) is 0 Å². The number of thiazole rings is 1. The standard InChI is InChI=1S/C7H8N2O2S/c8-3-1-2-5-4-9-6(12-5)7(10)11/h1,3-4H,2,8H2,(H,10,11). The lowest BCUT2D eigenvalue weighted by Gasteiger charge is -1.83. The molecule has 3 N–H and O–H groups in total. The van der Waals surface area contributed by atoms with Crippen LogP contribution < -0.4 is 5.73 Å². The zero-order valence-corrected chi connectivity index (χ0v) is 7.04. The van der Waals surface area contributed by atoms with Gasteiger partial charge >= 0.3 is 5.97 Å². The van der Waals surface area contributed by atoms with E-state index in [1.165, 1.54) is 6.20 Å². The van der Waals surface area contributed by atoms with Crippen molar-refractivity contribution in [2.45, 2.75) is 6.42 Å². The van der Waals surface area contributed by atoms with Crippen LogP contribution >= 0.6 is 11.3 Å². The molecule has 0 fully saturated rings. The minimum Gasteiger partial charge on any atom is -0.476 e. The zero-order chi connectivity index (χ0) is 8.97. The molecule has 1 heterocycles. The van der Waals surface area contributed by atoms with Crippen molar-refractivity contribution < 1.29 is 9.90 Å². The summed E-state index contributed by atoms with van der Waals surface area (Å²) >= 11 is 1.16. The first kappa shape index (κ1) is 8.73. The molecule has 0 atom stereocenters. The van der Waals surface area contributed by atoms with Crippen molar-refractivity contribution in [3.8, 4) is 0 Å². The molecule has 0 radical (unpaired) electrons. The number of rotatable bonds is 3. The van der Waals surface area contributed by atoms with E-state index in [1.807, 2.05) is 0 Å². The van der Waals surface area contributed by atoms with E-state index in [0.717, 1.165) is 16.2 Å². The van der Waals surface area contributed by atoms with E-state index in [2.05, 4.69) is 4.98 Å². The van der Waals surface area contributed by atoms with E-state index in [1.54, 1.807) is 12.3 Å². The van der Waals surface area contributed by atoms with Crippen molar-refractivity contribution >= 4 is 17.3 Å². The minimum absolute atomic E-state index is 0.121. The molecular weight excluding hydrogens is 176 g/mol. The highest BCUT2D eigenvalue weighted by Gasteiger charge is 2.07. The Balaban J connectivity index is 2.70. The second kappa shape index (κ2) is 3.87. The van der Waals surface area contributed by atoms with Gasteiger partial charge in [0.1, 0.15) is 0 Å². The molecule has 0 aliphatic carbocycles. The lowest BCUT2D eigenvalue weighted by molar-refractivity contribution is 0.0696. The number of nitrogens with zero attached hydrogens (tertiary/aromatic N) is 1. The Bertz CT molecular complexity index is 306. The molecule has 0 aliphatic heterocycles. The van der Waals surface area contributed by atoms with Crippen LogP contribution in [0.3, 0.4) is 0 Å². The van der Waals surface area contributed by atoms with Gasteiger partial charge in [-0.25, -0.2) is 9.78 Å². The van der Waals surface area contributed by atoms with Gasteiger partial charge in [0.2, 0.25) is 5.01 Å². The summed E-state index contributed by atoms with van der Waals surface area (Å²) in [6.07, 6.45) is 5.37. The average molecular weight is 184 g/mol. The maximum atomic E-state index is 10.4. The Morgan fingerprint density at radius 1 is 1.83 bits per heavy atom. The van der Waals surface area contributed by atoms with Crippen molar-refractivity contribution in [2.24, 2.45) is 5.73 Å². The van der Waals surface area contributed by atoms with Gasteiger partial charge < -0.3 is 10.8 Å². The molecule has 4 nitrogen and oxygen atoms in total. The molecule has 0 aromatic carbocycles. The Labute approximate surface area is 73.4 Å². The van der Waals surface area contributed by atoms with E-state index >= 15 is 0 Å². The average Bonchev–Trinajstić information content (AvgIpc) is 2.48. The van der Waals surface area contributed by atoms with Crippen LogP contribution in [0.5, 0.6) is 0 Å². The fourth-order valence-corrected chi connectivity index (χ4v) is 1.41. The summed E-state index contributed by atoms with van der Waals surface area (Å²) in [5.74, 6) is -0.983. The fraction of sp³-hybridized carbons (Fsp3) is 0.143. The third-order valence-corrected chi connectivity index (χ3v) is 2.20. The highest BCUT2D eigenvalue weighted by atomic mass is 32.1. The molecule has 1 aromatic rings. The number of aromatic nitrogens is 1. The van der Waals surface area contributed by atoms with Gasteiger partial charge in [-0.05, 0) is 6.20 Å². The van der Waals surface area contributed by atoms with Crippen LogP contribution in [0.2, 0.25) is 0 Å². The molecular formula is C7H8N2O2S. The second-order valence-electron chi connectivity index (χ2n) is 2.07. The van der Waals surface area contributed by atoms with E-state index in [9.17, 15) is 4.79 Å². The van der Waals surface area contributed by atoms with Gasteiger partial charge in [0.15, 0.2) is 0 Å². The third kappa shape index (κ3) is 2.06. The molecule has 0 amide bonds. The first-order valence-corrected chi connectivity index (χ1v) is 4.10. The molecule has 64 valence electrons. The van der Waals surface area contributed by atoms with Gasteiger partial charge in [-0.1, -0.05) is 6.08 Å². The van der Waals surface area contributed by atoms with Crippen molar-refractivity contribution in [1.82, 2.24) is 4.98 Å². The summed E-state index contributed by atoms with van der Waals surface area (Å²) in [6, 6.07) is 0. The Hall–Kier alpha value is -1.36. The van der Waals surface area contributed by atoms with Crippen LogP contribution in [-0.4, -0.2) is 16.1 Å². The minimum atomic E-state index is -0.983. The van der Waals surface area contributed by atoms with Crippen molar-refractivity contribution in [3.63, 3.8) is 0 Å². The SMILES string of the molecule is NC=CCc1cnc(C(=O)O)s1. The lowest BCUT2D eigenvalue weighted by atomic mass is 10.4. The number of carboxylic acid groups (broad SMARTS) is 1. The first-order valence-electron chi connectivity index (χ1n) is 3.28. The Morgan fingerprint density at radius 2 is 2.58 bits per heavy atom. The smallest absolute Gasteiger partial charge is 0.365 e. The second-order valence-corrected chi connectivity index (χ2v) is 3.18. The zero-order valence-electron chi connectivity index (χ0n) is 6.23. The summed E-state index contributed by atoms with van der Waals surface area (Å²) in [6.45, 7) is 0. The molecule has 0 spiro atoms. The lowest BCUT2D eigenvalue weighted by Crippen LogP contribution is -1.92. The number of allylic oxidation sites excluding steroid dienone is 1. The molecule has 0 aliphatic rings. The number of aromatic carboxylic acids is 1. The van der Waals surface area contributed by atoms with E-state index in [0.29, 0.717) is 6.42 Å². The van der Waals surface area contributed by atoms with Gasteiger partial charge in [-0.15, -0.1) is 11.3 Å². The molecule has 0 saturated carbocycles. The molecule has 12 heavy (non-hydrogen) atoms. The first-order chi connectivity index (χ1) is 5.74. The number of hydrogen-bond acceptors (Lipinski definition) is 4. The number of nitrogens with two attached hydrogens (primary N) is 1. The number of carboxylic acids is 1. The van der Waals surface area contributed by atoms with Crippen LogP contribution in [0.25, 0.3) is 0 Å². The molecule has 1 aromatic heterocycles. The number of hydrogen-bond donors (Lipinski definition) is 2. The third-order valence-electron chi connectivity index (χ3n) is 1.19. The molecule has 0 saturated heterocycles. The maximum Gasteiger partial charge on any atom is 0.365 e. The molecule has 0 unspecified atom stereocenters. The van der Waals surface area contributed by atoms with Gasteiger partial charge in [-0.3, -0.25) is 0 Å². The quantitative estimate of drug-likeness (QED) is 0.730. The van der Waals surface area contributed by atoms with Gasteiger partial charge in [0.25, 0.3) is 0 Å². The van der Waals surface area contributed by atoms with Crippen molar-refractivity contribution in [3.05, 3.63) is 28.4 Å². The van der Waals surface area contributed by atoms with Gasteiger partial charge in [0.05, 0.1) is 0 Å². The monoisotopic (exact) mass is 184 g/mol. The summed E-state index contributed by atoms with van der Waals surface area (Å²) in [5, 5.41) is 8.65. The summed E-state index contributed by atoms with van der Waals surface area (Å²) in [5.41, 5.74) is 5.13. The highest BCUT2D eigenvalue weighted by molar-refractivity contribution is 7.13. The summed E-state index contributed by atoms with van der Waals surface area (Å²) < 4.78 is 0. The molecule has 1 rings (SSSR count). The van der Waals surface area contributed by atoms with E-state index in [-0.39, 0.29) is 5.01 Å². The number of carbonyl (C=O) groups is 1. The van der Waals surface area contributed by atoms with Crippen LogP contribution in [-0.2, 0) is 6.42 Å². The van der Waals surface area contributed by atoms with Crippen molar-refractivity contribution in [1.29, 1.82) is 0 Å². The summed E-state index contributed by atoms with van der Waals surface area (Å²) in [7, 11) is 0. The van der Waals surface area contributed by atoms with Gasteiger partial charge in [-0.2, -0.15) is 0 Å². The van der Waals surface area contributed by atoms with Gasteiger partial charge in [0, 0.05) is 17.5 Å². The summed E-state index contributed by atoms with van der Waals surface area (Å²) in [4.78, 5) is 15.0. The van der Waals surface area contributed by atoms with E-state index < -0.39 is 5.97 Å². The predicted molar refractivity (Wildman–Crippen MR) is 46.1 cm³/mol. The normalized spacial score (nSPS) is 10.7. The maximum absolute atomic E-state index is 10.4. The van der Waals surface area contributed by atoms with Crippen LogP contribution in [0.1, 0.15) is 14.7 Å². The Morgan fingerprint density at radius 3 is 3.08 bits per heavy atom. The van der Waals surface area contributed by atoms with E-state index in [4.69, 9.17) is 10.8 Å². The highest BCUT2D eigenvalue weighted by Crippen LogP contribution is 2.13. The topological polar surface area (TPSA) is 76.2 Å². The largest absolute Gasteiger partial charge is 0.476 e. The fourth-order valence-electron chi connectivity index (χ4n) is 0.685. The van der Waals surface area contributed by atoms with Crippen LogP contribution in [0.15, 0.2) is 18.5 Å². The Kier molecular flexibility index (Phi) is 2.82. The molecule has 0 bridgehead atoms. The van der Waals surface area contributed by atoms with Crippen LogP contribution in [0, 0.1) is 0 Å². The predicted octanol–water partition coefficient (Wildman–Crippen LogP) is 0.856. The molecule has 5 heteroatoms. The van der Waals surface area contributed by atoms with Crippen LogP contribution in [0.4, 0.5) is 0 Å².